The number of hydrogen-bond donors (Lipinski definition) is 1. The average Bonchev–Trinajstić information content (AvgIpc) is 2.91. The lowest BCUT2D eigenvalue weighted by Gasteiger charge is -2.18. The molecule has 0 radical (unpaired) electrons. The smallest absolute Gasteiger partial charge is 0.308 e. The summed E-state index contributed by atoms with van der Waals surface area (Å²) in [5.74, 6) is -1.19. The van der Waals surface area contributed by atoms with E-state index >= 15 is 0 Å². The Balaban J connectivity index is 2.03. The van der Waals surface area contributed by atoms with Gasteiger partial charge in [-0.05, 0) is 31.0 Å². The number of nitrogens with zero attached hydrogens (tertiary/aromatic N) is 2. The Hall–Kier alpha value is -1.44. The molecule has 0 bridgehead atoms. The molecule has 0 aliphatic carbocycles. The summed E-state index contributed by atoms with van der Waals surface area (Å²) in [6.07, 6.45) is 0.507. The van der Waals surface area contributed by atoms with E-state index in [1.807, 2.05) is 31.2 Å². The Morgan fingerprint density at radius 1 is 1.29 bits per heavy atom. The summed E-state index contributed by atoms with van der Waals surface area (Å²) < 4.78 is 24.9. The predicted octanol–water partition coefficient (Wildman–Crippen LogP) is 1.38. The molecule has 1 aromatic carbocycles. The van der Waals surface area contributed by atoms with Gasteiger partial charge in [0.2, 0.25) is 10.0 Å². The molecule has 0 spiro atoms. The largest absolute Gasteiger partial charge is 0.481 e. The molecule has 1 aliphatic heterocycles. The van der Waals surface area contributed by atoms with E-state index in [1.165, 1.54) is 18.4 Å². The highest BCUT2D eigenvalue weighted by atomic mass is 32.2. The first kappa shape index (κ1) is 18.9. The molecule has 1 aromatic rings. The maximum Gasteiger partial charge on any atom is 0.308 e. The van der Waals surface area contributed by atoms with Gasteiger partial charge in [-0.15, -0.1) is 0 Å². The van der Waals surface area contributed by atoms with E-state index in [0.717, 1.165) is 11.1 Å². The molecule has 0 saturated carbocycles. The van der Waals surface area contributed by atoms with Crippen molar-refractivity contribution in [2.24, 2.45) is 5.92 Å². The second kappa shape index (κ2) is 7.63. The zero-order chi connectivity index (χ0) is 17.9. The minimum absolute atomic E-state index is 0.0471. The van der Waals surface area contributed by atoms with Crippen molar-refractivity contribution < 1.29 is 18.3 Å². The maximum atomic E-state index is 11.8. The van der Waals surface area contributed by atoms with Crippen molar-refractivity contribution in [3.8, 4) is 0 Å². The van der Waals surface area contributed by atoms with Crippen molar-refractivity contribution in [2.45, 2.75) is 19.3 Å². The van der Waals surface area contributed by atoms with Crippen LogP contribution in [0.3, 0.4) is 0 Å². The molecule has 0 unspecified atom stereocenters. The number of carboxylic acids is 1. The van der Waals surface area contributed by atoms with Gasteiger partial charge in [0.1, 0.15) is 0 Å². The minimum Gasteiger partial charge on any atom is -0.481 e. The standard InChI is InChI=1S/C17H26N2O4S/c1-13-7-4-5-8-14(13)15-11-19(12-16(15)17(20)21)9-6-10-24(22,23)18(2)3/h4-5,7-8,15-16H,6,9-12H2,1-3H3,(H,20,21)/t15-,16+/m0/s1. The number of sulfonamides is 1. The zero-order valence-electron chi connectivity index (χ0n) is 14.5. The van der Waals surface area contributed by atoms with Crippen LogP contribution in [0, 0.1) is 12.8 Å². The number of aryl methyl sites for hydroxylation is 1. The van der Waals surface area contributed by atoms with E-state index < -0.39 is 21.9 Å². The van der Waals surface area contributed by atoms with Gasteiger partial charge in [-0.3, -0.25) is 4.79 Å². The summed E-state index contributed by atoms with van der Waals surface area (Å²) in [7, 11) is -0.147. The number of rotatable bonds is 7. The van der Waals surface area contributed by atoms with Crippen LogP contribution in [0.2, 0.25) is 0 Å². The lowest BCUT2D eigenvalue weighted by molar-refractivity contribution is -0.141. The first-order chi connectivity index (χ1) is 11.2. The molecular weight excluding hydrogens is 328 g/mol. The number of carboxylic acid groups (broad SMARTS) is 1. The monoisotopic (exact) mass is 354 g/mol. The molecule has 0 aromatic heterocycles. The third kappa shape index (κ3) is 4.34. The molecule has 6 nitrogen and oxygen atoms in total. The average molecular weight is 354 g/mol. The van der Waals surface area contributed by atoms with Crippen LogP contribution in [0.1, 0.15) is 23.5 Å². The molecule has 2 rings (SSSR count). The fourth-order valence-corrected chi connectivity index (χ4v) is 4.15. The summed E-state index contributed by atoms with van der Waals surface area (Å²) in [5, 5.41) is 9.55. The van der Waals surface area contributed by atoms with Crippen LogP contribution >= 0.6 is 0 Å². The Labute approximate surface area is 144 Å². The lowest BCUT2D eigenvalue weighted by Crippen LogP contribution is -2.29. The molecule has 0 amide bonds. The van der Waals surface area contributed by atoms with Crippen LogP contribution in [0.4, 0.5) is 0 Å². The van der Waals surface area contributed by atoms with Crippen LogP contribution in [0.5, 0.6) is 0 Å². The summed E-state index contributed by atoms with van der Waals surface area (Å²) in [5.41, 5.74) is 2.18. The van der Waals surface area contributed by atoms with Crippen molar-refractivity contribution >= 4 is 16.0 Å². The molecular formula is C17H26N2O4S. The van der Waals surface area contributed by atoms with Gasteiger partial charge in [0.15, 0.2) is 0 Å². The Morgan fingerprint density at radius 3 is 2.54 bits per heavy atom. The van der Waals surface area contributed by atoms with E-state index in [2.05, 4.69) is 4.90 Å². The van der Waals surface area contributed by atoms with Gasteiger partial charge in [-0.25, -0.2) is 12.7 Å². The second-order valence-electron chi connectivity index (χ2n) is 6.62. The van der Waals surface area contributed by atoms with Crippen LogP contribution in [-0.4, -0.2) is 68.2 Å². The van der Waals surface area contributed by atoms with E-state index in [4.69, 9.17) is 0 Å². The highest BCUT2D eigenvalue weighted by Gasteiger charge is 2.38. The molecule has 1 saturated heterocycles. The molecule has 1 heterocycles. The Kier molecular flexibility index (Phi) is 6.01. The summed E-state index contributed by atoms with van der Waals surface area (Å²) in [4.78, 5) is 13.7. The molecule has 1 aliphatic rings. The van der Waals surface area contributed by atoms with Crippen molar-refractivity contribution in [2.75, 3.05) is 39.5 Å². The van der Waals surface area contributed by atoms with Crippen molar-refractivity contribution in [1.82, 2.24) is 9.21 Å². The Morgan fingerprint density at radius 2 is 1.96 bits per heavy atom. The van der Waals surface area contributed by atoms with E-state index in [1.54, 1.807) is 0 Å². The maximum absolute atomic E-state index is 11.8. The van der Waals surface area contributed by atoms with Crippen LogP contribution < -0.4 is 0 Å². The number of benzene rings is 1. The predicted molar refractivity (Wildman–Crippen MR) is 93.6 cm³/mol. The number of hydrogen-bond acceptors (Lipinski definition) is 4. The molecule has 2 atom stereocenters. The number of aliphatic carboxylic acids is 1. The van der Waals surface area contributed by atoms with Crippen LogP contribution in [0.25, 0.3) is 0 Å². The summed E-state index contributed by atoms with van der Waals surface area (Å²) >= 11 is 0. The van der Waals surface area contributed by atoms with Crippen molar-refractivity contribution in [3.05, 3.63) is 35.4 Å². The molecule has 134 valence electrons. The van der Waals surface area contributed by atoms with Gasteiger partial charge in [-0.1, -0.05) is 24.3 Å². The number of likely N-dealkylation sites (tertiary alicyclic amines) is 1. The Bertz CT molecular complexity index is 688. The van der Waals surface area contributed by atoms with Crippen LogP contribution in [0.15, 0.2) is 24.3 Å². The number of carbonyl (C=O) groups is 1. The normalized spacial score (nSPS) is 22.2. The van der Waals surface area contributed by atoms with Gasteiger partial charge in [0.25, 0.3) is 0 Å². The molecule has 1 fully saturated rings. The third-order valence-electron chi connectivity index (χ3n) is 4.73. The lowest BCUT2D eigenvalue weighted by atomic mass is 9.86. The topological polar surface area (TPSA) is 77.9 Å². The van der Waals surface area contributed by atoms with Crippen molar-refractivity contribution in [1.29, 1.82) is 0 Å². The SMILES string of the molecule is Cc1ccccc1[C@@H]1CN(CCCS(=O)(=O)N(C)C)C[C@H]1C(=O)O. The van der Waals surface area contributed by atoms with Gasteiger partial charge in [-0.2, -0.15) is 0 Å². The van der Waals surface area contributed by atoms with E-state index in [0.29, 0.717) is 26.1 Å². The van der Waals surface area contributed by atoms with Gasteiger partial charge in [0.05, 0.1) is 11.7 Å². The fourth-order valence-electron chi connectivity index (χ4n) is 3.29. The van der Waals surface area contributed by atoms with Gasteiger partial charge >= 0.3 is 5.97 Å². The molecule has 1 N–H and O–H groups in total. The first-order valence-corrected chi connectivity index (χ1v) is 9.74. The summed E-state index contributed by atoms with van der Waals surface area (Å²) in [6.45, 7) is 3.72. The summed E-state index contributed by atoms with van der Waals surface area (Å²) in [6, 6.07) is 7.89. The van der Waals surface area contributed by atoms with Crippen LogP contribution in [-0.2, 0) is 14.8 Å². The first-order valence-electron chi connectivity index (χ1n) is 8.13. The quantitative estimate of drug-likeness (QED) is 0.800. The fraction of sp³-hybridized carbons (Fsp3) is 0.588. The molecule has 7 heteroatoms. The zero-order valence-corrected chi connectivity index (χ0v) is 15.3. The molecule has 24 heavy (non-hydrogen) atoms. The third-order valence-corrected chi connectivity index (χ3v) is 6.65. The van der Waals surface area contributed by atoms with Gasteiger partial charge < -0.3 is 10.0 Å². The van der Waals surface area contributed by atoms with E-state index in [9.17, 15) is 18.3 Å². The highest BCUT2D eigenvalue weighted by molar-refractivity contribution is 7.89. The second-order valence-corrected chi connectivity index (χ2v) is 8.92. The van der Waals surface area contributed by atoms with Gasteiger partial charge in [0, 0.05) is 33.1 Å². The highest BCUT2D eigenvalue weighted by Crippen LogP contribution is 2.34. The van der Waals surface area contributed by atoms with Crippen molar-refractivity contribution in [3.63, 3.8) is 0 Å². The van der Waals surface area contributed by atoms with E-state index in [-0.39, 0.29) is 11.7 Å². The minimum atomic E-state index is -3.20.